The summed E-state index contributed by atoms with van der Waals surface area (Å²) in [6, 6.07) is 14.0. The van der Waals surface area contributed by atoms with Gasteiger partial charge in [-0.15, -0.1) is 0 Å². The Hall–Kier alpha value is -4.05. The molecule has 0 aliphatic carbocycles. The van der Waals surface area contributed by atoms with Crippen LogP contribution in [0.4, 0.5) is 0 Å². The number of phenolic OH excluding ortho intramolecular Hbond substituents is 2. The van der Waals surface area contributed by atoms with E-state index in [4.69, 9.17) is 9.15 Å². The van der Waals surface area contributed by atoms with Gasteiger partial charge in [0, 0.05) is 37.3 Å². The zero-order chi connectivity index (χ0) is 32.0. The average molecular weight is 606 g/mol. The zero-order valence-corrected chi connectivity index (χ0v) is 25.8. The first-order valence-corrected chi connectivity index (χ1v) is 15.1. The van der Waals surface area contributed by atoms with Gasteiger partial charge in [0.25, 0.3) is 0 Å². The molecule has 236 valence electrons. The van der Waals surface area contributed by atoms with Crippen LogP contribution in [0.1, 0.15) is 62.3 Å². The average Bonchev–Trinajstić information content (AvgIpc) is 2.98. The van der Waals surface area contributed by atoms with E-state index in [2.05, 4.69) is 11.4 Å². The van der Waals surface area contributed by atoms with E-state index in [0.29, 0.717) is 55.3 Å². The van der Waals surface area contributed by atoms with Crippen molar-refractivity contribution in [3.63, 3.8) is 0 Å². The van der Waals surface area contributed by atoms with Crippen LogP contribution in [0.25, 0.3) is 22.3 Å². The maximum absolute atomic E-state index is 13.7. The van der Waals surface area contributed by atoms with Crippen molar-refractivity contribution < 1.29 is 34.7 Å². The van der Waals surface area contributed by atoms with Crippen LogP contribution in [0, 0.1) is 5.92 Å². The van der Waals surface area contributed by atoms with Crippen LogP contribution >= 0.6 is 0 Å². The van der Waals surface area contributed by atoms with Gasteiger partial charge in [0.15, 0.2) is 5.76 Å². The van der Waals surface area contributed by atoms with Crippen molar-refractivity contribution in [2.45, 2.75) is 71.6 Å². The Morgan fingerprint density at radius 3 is 2.39 bits per heavy atom. The van der Waals surface area contributed by atoms with Crippen molar-refractivity contribution in [3.8, 4) is 34.3 Å². The Kier molecular flexibility index (Phi) is 10.9. The fourth-order valence-corrected chi connectivity index (χ4v) is 5.49. The zero-order valence-electron chi connectivity index (χ0n) is 25.8. The van der Waals surface area contributed by atoms with E-state index in [1.54, 1.807) is 19.1 Å². The summed E-state index contributed by atoms with van der Waals surface area (Å²) < 4.78 is 12.1. The molecule has 9 heteroatoms. The molecule has 0 unspecified atom stereocenters. The molecule has 0 saturated heterocycles. The molecule has 3 aromatic carbocycles. The van der Waals surface area contributed by atoms with Crippen LogP contribution in [0.15, 0.2) is 57.7 Å². The number of aliphatic hydroxyl groups excluding tert-OH is 2. The van der Waals surface area contributed by atoms with E-state index in [1.807, 2.05) is 39.1 Å². The van der Waals surface area contributed by atoms with E-state index >= 15 is 0 Å². The molecule has 1 aromatic heterocycles. The third kappa shape index (κ3) is 7.53. The third-order valence-electron chi connectivity index (χ3n) is 7.62. The van der Waals surface area contributed by atoms with E-state index < -0.39 is 23.4 Å². The molecule has 4 rings (SSSR count). The van der Waals surface area contributed by atoms with Crippen molar-refractivity contribution in [2.75, 3.05) is 13.7 Å². The lowest BCUT2D eigenvalue weighted by atomic mass is 9.92. The molecule has 0 bridgehead atoms. The minimum Gasteiger partial charge on any atom is -0.508 e. The molecule has 6 N–H and O–H groups in total. The van der Waals surface area contributed by atoms with Crippen LogP contribution in [-0.4, -0.2) is 51.4 Å². The SMILES string of the molecule is CC[C@H](O)[C@H](CCCO)Oc1cc(O)cc2oc(-c3cc(Cc4cccc(CNC)c4)c(O)c(CC(C)C)c3)c(O)c(=O)c12. The lowest BCUT2D eigenvalue weighted by Crippen LogP contribution is -2.31. The standard InChI is InChI=1S/C35H43NO8/c1-5-27(39)28(10-7-11-37)43-29-17-26(38)18-30-31(29)33(41)34(42)35(44-30)25-15-23(12-20(2)3)32(40)24(16-25)14-21-8-6-9-22(13-21)19-36-4/h6,8-9,13,15-18,20,27-28,36-40,42H,5,7,10-12,14,19H2,1-4H3/t27-,28-/m0/s1. The molecular weight excluding hydrogens is 562 g/mol. The van der Waals surface area contributed by atoms with Gasteiger partial charge in [-0.25, -0.2) is 0 Å². The summed E-state index contributed by atoms with van der Waals surface area (Å²) in [5, 5.41) is 55.9. The molecule has 9 nitrogen and oxygen atoms in total. The second-order valence-corrected chi connectivity index (χ2v) is 11.7. The van der Waals surface area contributed by atoms with E-state index in [-0.39, 0.29) is 46.5 Å². The monoisotopic (exact) mass is 605 g/mol. The van der Waals surface area contributed by atoms with Gasteiger partial charge in [-0.3, -0.25) is 4.79 Å². The Morgan fingerprint density at radius 2 is 1.70 bits per heavy atom. The highest BCUT2D eigenvalue weighted by Gasteiger charge is 2.25. The van der Waals surface area contributed by atoms with Crippen molar-refractivity contribution in [2.24, 2.45) is 5.92 Å². The van der Waals surface area contributed by atoms with Crippen LogP contribution in [0.2, 0.25) is 0 Å². The van der Waals surface area contributed by atoms with Gasteiger partial charge in [-0.1, -0.05) is 45.0 Å². The van der Waals surface area contributed by atoms with Gasteiger partial charge in [0.1, 0.15) is 34.3 Å². The highest BCUT2D eigenvalue weighted by molar-refractivity contribution is 5.88. The summed E-state index contributed by atoms with van der Waals surface area (Å²) in [4.78, 5) is 13.7. The van der Waals surface area contributed by atoms with E-state index in [1.165, 1.54) is 12.1 Å². The summed E-state index contributed by atoms with van der Waals surface area (Å²) in [7, 11) is 1.88. The van der Waals surface area contributed by atoms with Crippen molar-refractivity contribution in [3.05, 3.63) is 81.0 Å². The first-order chi connectivity index (χ1) is 21.1. The summed E-state index contributed by atoms with van der Waals surface area (Å²) in [6.07, 6.45) is 0.372. The Balaban J connectivity index is 1.85. The first-order valence-electron chi connectivity index (χ1n) is 15.1. The molecule has 0 amide bonds. The Morgan fingerprint density at radius 1 is 0.977 bits per heavy atom. The highest BCUT2D eigenvalue weighted by Crippen LogP contribution is 2.39. The number of rotatable bonds is 14. The number of benzene rings is 3. The predicted molar refractivity (Wildman–Crippen MR) is 171 cm³/mol. The Labute approximate surface area is 257 Å². The van der Waals surface area contributed by atoms with Crippen LogP contribution in [-0.2, 0) is 19.4 Å². The highest BCUT2D eigenvalue weighted by atomic mass is 16.5. The quantitative estimate of drug-likeness (QED) is 0.111. The molecular formula is C35H43NO8. The van der Waals surface area contributed by atoms with Crippen molar-refractivity contribution >= 4 is 11.0 Å². The number of hydrogen-bond acceptors (Lipinski definition) is 9. The van der Waals surface area contributed by atoms with Gasteiger partial charge >= 0.3 is 0 Å². The fraction of sp³-hybridized carbons (Fsp3) is 0.400. The number of hydrogen-bond donors (Lipinski definition) is 6. The van der Waals surface area contributed by atoms with E-state index in [9.17, 15) is 30.3 Å². The van der Waals surface area contributed by atoms with E-state index in [0.717, 1.165) is 11.1 Å². The summed E-state index contributed by atoms with van der Waals surface area (Å²) >= 11 is 0. The minimum atomic E-state index is -0.882. The number of aliphatic hydroxyl groups is 2. The molecule has 2 atom stereocenters. The molecule has 0 aliphatic heterocycles. The number of fused-ring (bicyclic) bond motifs is 1. The number of phenols is 2. The van der Waals surface area contributed by atoms with Gasteiger partial charge in [-0.2, -0.15) is 0 Å². The maximum atomic E-state index is 13.7. The third-order valence-corrected chi connectivity index (χ3v) is 7.62. The number of nitrogens with one attached hydrogen (secondary N) is 1. The topological polar surface area (TPSA) is 153 Å². The molecule has 44 heavy (non-hydrogen) atoms. The van der Waals surface area contributed by atoms with Crippen LogP contribution in [0.3, 0.4) is 0 Å². The van der Waals surface area contributed by atoms with Gasteiger partial charge in [0.2, 0.25) is 11.2 Å². The summed E-state index contributed by atoms with van der Waals surface area (Å²) in [5.41, 5.74) is 2.99. The lowest BCUT2D eigenvalue weighted by molar-refractivity contribution is 0.0262. The summed E-state index contributed by atoms with van der Waals surface area (Å²) in [6.45, 7) is 6.46. The van der Waals surface area contributed by atoms with Gasteiger partial charge in [-0.05, 0) is 73.0 Å². The number of aromatic hydroxyl groups is 3. The fourth-order valence-electron chi connectivity index (χ4n) is 5.49. The lowest BCUT2D eigenvalue weighted by Gasteiger charge is -2.24. The summed E-state index contributed by atoms with van der Waals surface area (Å²) in [5.74, 6) is -0.638. The molecule has 0 aliphatic rings. The normalized spacial score (nSPS) is 13.0. The Bertz CT molecular complexity index is 1640. The van der Waals surface area contributed by atoms with Crippen LogP contribution < -0.4 is 15.5 Å². The van der Waals surface area contributed by atoms with Crippen molar-refractivity contribution in [1.29, 1.82) is 0 Å². The number of ether oxygens (including phenoxy) is 1. The van der Waals surface area contributed by atoms with Crippen LogP contribution in [0.5, 0.6) is 23.0 Å². The van der Waals surface area contributed by atoms with Gasteiger partial charge in [0.05, 0.1) is 6.10 Å². The molecule has 4 aromatic rings. The predicted octanol–water partition coefficient (Wildman–Crippen LogP) is 5.38. The molecule has 0 saturated carbocycles. The molecule has 0 fully saturated rings. The molecule has 1 heterocycles. The first kappa shape index (κ1) is 32.9. The van der Waals surface area contributed by atoms with Gasteiger partial charge < -0.3 is 40.0 Å². The smallest absolute Gasteiger partial charge is 0.238 e. The largest absolute Gasteiger partial charge is 0.508 e. The minimum absolute atomic E-state index is 0.00972. The molecule has 0 radical (unpaired) electrons. The molecule has 0 spiro atoms. The van der Waals surface area contributed by atoms with Crippen molar-refractivity contribution in [1.82, 2.24) is 5.32 Å². The second kappa shape index (κ2) is 14.6. The maximum Gasteiger partial charge on any atom is 0.238 e. The second-order valence-electron chi connectivity index (χ2n) is 11.7.